The highest BCUT2D eigenvalue weighted by molar-refractivity contribution is 5.85. The van der Waals surface area contributed by atoms with Crippen molar-refractivity contribution in [3.8, 4) is 11.5 Å². The molecule has 1 saturated heterocycles. The number of hydrogen-bond donors (Lipinski definition) is 0. The van der Waals surface area contributed by atoms with Gasteiger partial charge in [0.25, 0.3) is 5.69 Å². The van der Waals surface area contributed by atoms with Gasteiger partial charge < -0.3 is 14.4 Å². The first-order valence-electron chi connectivity index (χ1n) is 12.3. The average molecular weight is 476 g/mol. The summed E-state index contributed by atoms with van der Waals surface area (Å²) in [5, 5.41) is 8.80. The standard InChI is InChI=1S/C26H29N5O4/c1-34-23-5-4-6-24-26(23)19-14-29(13-17(19)16-35-24)12-3-2-7-25-30(32)15-20-18-10-11-27-28-21(18)8-9-22(20)31(25)33/h4-6,8-11,17,19,25H,2-3,7,12-16H2,1H3/q+2/t17-,19-,25?/m1/s1. The van der Waals surface area contributed by atoms with Gasteiger partial charge in [0.2, 0.25) is 6.54 Å². The number of unbranched alkanes of at least 4 members (excludes halogenated alkanes) is 1. The van der Waals surface area contributed by atoms with Crippen molar-refractivity contribution in [2.24, 2.45) is 5.92 Å². The predicted octanol–water partition coefficient (Wildman–Crippen LogP) is 3.95. The number of nitrogens with zero attached hydrogens (tertiary/aromatic N) is 5. The highest BCUT2D eigenvalue weighted by atomic mass is 16.5. The quantitative estimate of drug-likeness (QED) is 0.394. The van der Waals surface area contributed by atoms with Gasteiger partial charge in [0, 0.05) is 51.8 Å². The van der Waals surface area contributed by atoms with Crippen molar-refractivity contribution in [2.75, 3.05) is 33.4 Å². The molecule has 0 amide bonds. The largest absolute Gasteiger partial charge is 0.496 e. The average Bonchev–Trinajstić information content (AvgIpc) is 3.31. The minimum Gasteiger partial charge on any atom is -0.496 e. The lowest BCUT2D eigenvalue weighted by atomic mass is 9.86. The molecule has 9 nitrogen and oxygen atoms in total. The highest BCUT2D eigenvalue weighted by Gasteiger charge is 2.48. The SMILES string of the molecule is COc1cccc2c1[C@@H]1CN(CCCCC3[N+](=O)Cc4c(ccc5nnccc45)[N+]3=O)C[C@@H]1CO2. The molecule has 35 heavy (non-hydrogen) atoms. The molecule has 3 aliphatic heterocycles. The Morgan fingerprint density at radius 3 is 2.94 bits per heavy atom. The Bertz CT molecular complexity index is 1300. The van der Waals surface area contributed by atoms with Crippen LogP contribution in [0.5, 0.6) is 11.5 Å². The van der Waals surface area contributed by atoms with Crippen LogP contribution in [0.2, 0.25) is 0 Å². The smallest absolute Gasteiger partial charge is 0.437 e. The lowest BCUT2D eigenvalue weighted by molar-refractivity contribution is -0.784. The molecule has 3 aliphatic rings. The topological polar surface area (TPSA) is 87.6 Å². The Morgan fingerprint density at radius 2 is 2.06 bits per heavy atom. The maximum atomic E-state index is 13.1. The fourth-order valence-electron chi connectivity index (χ4n) is 5.98. The summed E-state index contributed by atoms with van der Waals surface area (Å²) >= 11 is 0. The highest BCUT2D eigenvalue weighted by Crippen LogP contribution is 2.46. The van der Waals surface area contributed by atoms with Gasteiger partial charge in [-0.25, -0.2) is 0 Å². The van der Waals surface area contributed by atoms with E-state index in [1.807, 2.05) is 24.3 Å². The third kappa shape index (κ3) is 3.83. The monoisotopic (exact) mass is 475 g/mol. The van der Waals surface area contributed by atoms with Crippen molar-refractivity contribution in [1.29, 1.82) is 0 Å². The maximum Gasteiger partial charge on any atom is 0.437 e. The number of ether oxygens (including phenoxy) is 2. The summed E-state index contributed by atoms with van der Waals surface area (Å²) in [7, 11) is 1.71. The molecule has 6 rings (SSSR count). The first-order chi connectivity index (χ1) is 17.1. The van der Waals surface area contributed by atoms with Gasteiger partial charge in [-0.1, -0.05) is 6.07 Å². The molecule has 0 aliphatic carbocycles. The summed E-state index contributed by atoms with van der Waals surface area (Å²) in [6, 6.07) is 11.4. The van der Waals surface area contributed by atoms with Gasteiger partial charge in [-0.05, 0) is 43.7 Å². The van der Waals surface area contributed by atoms with Crippen molar-refractivity contribution < 1.29 is 19.0 Å². The van der Waals surface area contributed by atoms with E-state index >= 15 is 0 Å². The number of fused-ring (bicyclic) bond motifs is 6. The number of nitroso groups, excluding NO2 is 2. The Balaban J connectivity index is 1.07. The second kappa shape index (κ2) is 8.96. The van der Waals surface area contributed by atoms with Gasteiger partial charge >= 0.3 is 6.17 Å². The Morgan fingerprint density at radius 1 is 1.14 bits per heavy atom. The second-order valence-corrected chi connectivity index (χ2v) is 9.71. The molecule has 9 heteroatoms. The molecule has 0 bridgehead atoms. The Labute approximate surface area is 203 Å². The number of benzene rings is 2. The lowest BCUT2D eigenvalue weighted by Gasteiger charge is -2.29. The molecule has 0 N–H and O–H groups in total. The summed E-state index contributed by atoms with van der Waals surface area (Å²) in [5.74, 6) is 2.72. The summed E-state index contributed by atoms with van der Waals surface area (Å²) in [6.45, 7) is 3.85. The summed E-state index contributed by atoms with van der Waals surface area (Å²) in [4.78, 5) is 28.4. The molecular weight excluding hydrogens is 446 g/mol. The summed E-state index contributed by atoms with van der Waals surface area (Å²) in [6.07, 6.45) is 3.20. The first-order valence-corrected chi connectivity index (χ1v) is 12.3. The number of rotatable bonds is 6. The molecule has 1 aromatic heterocycles. The number of aromatic nitrogens is 2. The number of hydrogen-bond acceptors (Lipinski definition) is 7. The third-order valence-electron chi connectivity index (χ3n) is 7.71. The van der Waals surface area contributed by atoms with E-state index in [9.17, 15) is 9.81 Å². The summed E-state index contributed by atoms with van der Waals surface area (Å²) < 4.78 is 13.4. The zero-order valence-corrected chi connectivity index (χ0v) is 19.8. The van der Waals surface area contributed by atoms with Crippen molar-refractivity contribution in [3.05, 3.63) is 63.5 Å². The molecule has 0 radical (unpaired) electrons. The number of methoxy groups -OCH3 is 1. The van der Waals surface area contributed by atoms with E-state index in [2.05, 4.69) is 15.1 Å². The van der Waals surface area contributed by atoms with Gasteiger partial charge in [-0.15, -0.1) is 0 Å². The molecule has 2 aromatic carbocycles. The van der Waals surface area contributed by atoms with E-state index in [0.29, 0.717) is 29.5 Å². The van der Waals surface area contributed by atoms with Crippen LogP contribution >= 0.6 is 0 Å². The van der Waals surface area contributed by atoms with Gasteiger partial charge in [-0.3, -0.25) is 0 Å². The van der Waals surface area contributed by atoms with E-state index < -0.39 is 6.17 Å². The van der Waals surface area contributed by atoms with Crippen molar-refractivity contribution in [3.63, 3.8) is 0 Å². The lowest BCUT2D eigenvalue weighted by Crippen LogP contribution is -2.37. The second-order valence-electron chi connectivity index (χ2n) is 9.71. The third-order valence-corrected chi connectivity index (χ3v) is 7.71. The molecule has 1 fully saturated rings. The van der Waals surface area contributed by atoms with Crippen LogP contribution in [-0.2, 0) is 6.54 Å². The van der Waals surface area contributed by atoms with E-state index in [0.717, 1.165) is 71.1 Å². The first kappa shape index (κ1) is 22.0. The van der Waals surface area contributed by atoms with Crippen LogP contribution in [-0.4, -0.2) is 64.1 Å². The van der Waals surface area contributed by atoms with Crippen LogP contribution < -0.4 is 9.47 Å². The zero-order valence-electron chi connectivity index (χ0n) is 19.8. The molecular formula is C26H29N5O4+2. The van der Waals surface area contributed by atoms with Gasteiger partial charge in [0.15, 0.2) is 0 Å². The van der Waals surface area contributed by atoms with Crippen LogP contribution in [0.1, 0.15) is 36.3 Å². The summed E-state index contributed by atoms with van der Waals surface area (Å²) in [5.41, 5.74) is 3.19. The van der Waals surface area contributed by atoms with Crippen LogP contribution in [0.25, 0.3) is 10.9 Å². The van der Waals surface area contributed by atoms with Crippen molar-refractivity contribution >= 4 is 16.6 Å². The van der Waals surface area contributed by atoms with E-state index in [1.165, 1.54) is 5.56 Å². The van der Waals surface area contributed by atoms with Crippen LogP contribution in [0.4, 0.5) is 5.69 Å². The van der Waals surface area contributed by atoms with Crippen molar-refractivity contribution in [1.82, 2.24) is 15.1 Å². The van der Waals surface area contributed by atoms with Gasteiger partial charge in [0.05, 0.1) is 36.6 Å². The fourth-order valence-corrected chi connectivity index (χ4v) is 5.98. The van der Waals surface area contributed by atoms with Crippen LogP contribution in [0, 0.1) is 15.7 Å². The fraction of sp³-hybridized carbons (Fsp3) is 0.462. The van der Waals surface area contributed by atoms with Gasteiger partial charge in [0.1, 0.15) is 21.8 Å². The van der Waals surface area contributed by atoms with Crippen molar-refractivity contribution in [2.45, 2.75) is 37.9 Å². The molecule has 180 valence electrons. The molecule has 1 unspecified atom stereocenters. The molecule has 4 heterocycles. The van der Waals surface area contributed by atoms with Crippen LogP contribution in [0.15, 0.2) is 42.6 Å². The Kier molecular flexibility index (Phi) is 5.64. The van der Waals surface area contributed by atoms with E-state index in [-0.39, 0.29) is 6.54 Å². The Hall–Kier alpha value is -3.46. The minimum atomic E-state index is -0.694. The van der Waals surface area contributed by atoms with Gasteiger partial charge in [-0.2, -0.15) is 10.2 Å². The maximum absolute atomic E-state index is 13.1. The number of likely N-dealkylation sites (tertiary alicyclic amines) is 1. The minimum absolute atomic E-state index is 0.193. The molecule has 3 aromatic rings. The zero-order chi connectivity index (χ0) is 23.9. The molecule has 3 atom stereocenters. The van der Waals surface area contributed by atoms with Crippen LogP contribution in [0.3, 0.4) is 0 Å². The normalized spacial score (nSPS) is 23.5. The van der Waals surface area contributed by atoms with E-state index in [1.54, 1.807) is 25.4 Å². The molecule has 0 spiro atoms. The van der Waals surface area contributed by atoms with E-state index in [4.69, 9.17) is 9.47 Å². The predicted molar refractivity (Wildman–Crippen MR) is 129 cm³/mol. The molecule has 0 saturated carbocycles.